The number of hydrogen-bond acceptors (Lipinski definition) is 5. The van der Waals surface area contributed by atoms with E-state index in [1.807, 2.05) is 48.5 Å². The number of nitrogen functional groups attached to an aromatic ring is 1. The molecule has 2 aromatic carbocycles. The molecule has 0 amide bonds. The molecule has 0 saturated carbocycles. The molecule has 21 heavy (non-hydrogen) atoms. The number of hydrogen-bond donors (Lipinski definition) is 2. The average molecular weight is 281 g/mol. The fourth-order valence-electron chi connectivity index (χ4n) is 1.99. The van der Waals surface area contributed by atoms with Crippen LogP contribution in [0.15, 0.2) is 59.2 Å². The molecule has 5 heteroatoms. The Morgan fingerprint density at radius 1 is 1.14 bits per heavy atom. The number of oxazole rings is 1. The van der Waals surface area contributed by atoms with Crippen LogP contribution in [0.5, 0.6) is 5.75 Å². The van der Waals surface area contributed by atoms with Gasteiger partial charge in [-0.2, -0.15) is 4.98 Å². The minimum absolute atomic E-state index is 0.415. The van der Waals surface area contributed by atoms with Crippen molar-refractivity contribution in [3.8, 4) is 17.0 Å². The zero-order valence-electron chi connectivity index (χ0n) is 11.5. The molecule has 0 fully saturated rings. The number of methoxy groups -OCH3 is 1. The third-order valence-corrected chi connectivity index (χ3v) is 3.01. The Hall–Kier alpha value is -2.95. The standard InChI is InChI=1S/C16H15N3O2/c1-20-14-7-2-4-11(8-14)15-10-21-16(19-15)18-13-6-3-5-12(17)9-13/h2-10H,17H2,1H3,(H,18,19). The van der Waals surface area contributed by atoms with Gasteiger partial charge in [-0.25, -0.2) is 0 Å². The van der Waals surface area contributed by atoms with Gasteiger partial charge in [0.25, 0.3) is 6.01 Å². The second-order valence-corrected chi connectivity index (χ2v) is 4.52. The lowest BCUT2D eigenvalue weighted by atomic mass is 10.2. The Labute approximate surface area is 122 Å². The van der Waals surface area contributed by atoms with E-state index in [1.165, 1.54) is 0 Å². The van der Waals surface area contributed by atoms with Crippen LogP contribution >= 0.6 is 0 Å². The summed E-state index contributed by atoms with van der Waals surface area (Å²) in [4.78, 5) is 4.41. The molecule has 0 unspecified atom stereocenters. The summed E-state index contributed by atoms with van der Waals surface area (Å²) in [5, 5.41) is 3.07. The quantitative estimate of drug-likeness (QED) is 0.714. The SMILES string of the molecule is COc1cccc(-c2coc(Nc3cccc(N)c3)n2)c1. The van der Waals surface area contributed by atoms with Crippen LogP contribution in [0.1, 0.15) is 0 Å². The van der Waals surface area contributed by atoms with Gasteiger partial charge in [-0.3, -0.25) is 0 Å². The van der Waals surface area contributed by atoms with Crippen LogP contribution in [-0.4, -0.2) is 12.1 Å². The van der Waals surface area contributed by atoms with E-state index in [2.05, 4.69) is 10.3 Å². The van der Waals surface area contributed by atoms with Crippen molar-refractivity contribution < 1.29 is 9.15 Å². The van der Waals surface area contributed by atoms with Gasteiger partial charge in [0.2, 0.25) is 0 Å². The summed E-state index contributed by atoms with van der Waals surface area (Å²) in [5.41, 5.74) is 8.91. The lowest BCUT2D eigenvalue weighted by molar-refractivity contribution is 0.415. The first kappa shape index (κ1) is 13.1. The Balaban J connectivity index is 1.82. The highest BCUT2D eigenvalue weighted by molar-refractivity contribution is 5.64. The van der Waals surface area contributed by atoms with Crippen molar-refractivity contribution in [3.63, 3.8) is 0 Å². The molecule has 106 valence electrons. The number of nitrogens with two attached hydrogens (primary N) is 1. The van der Waals surface area contributed by atoms with Gasteiger partial charge in [0.1, 0.15) is 17.7 Å². The molecule has 5 nitrogen and oxygen atoms in total. The molecule has 0 aliphatic carbocycles. The predicted octanol–water partition coefficient (Wildman–Crippen LogP) is 3.68. The zero-order chi connectivity index (χ0) is 14.7. The number of ether oxygens (including phenoxy) is 1. The van der Waals surface area contributed by atoms with E-state index in [1.54, 1.807) is 13.4 Å². The van der Waals surface area contributed by atoms with Gasteiger partial charge in [-0.15, -0.1) is 0 Å². The Bertz CT molecular complexity index is 753. The molecule has 3 aromatic rings. The normalized spacial score (nSPS) is 10.3. The first-order chi connectivity index (χ1) is 10.2. The molecule has 3 rings (SSSR count). The largest absolute Gasteiger partial charge is 0.497 e. The molecule has 1 aromatic heterocycles. The molecule has 3 N–H and O–H groups in total. The van der Waals surface area contributed by atoms with Crippen molar-refractivity contribution in [2.75, 3.05) is 18.2 Å². The van der Waals surface area contributed by atoms with Gasteiger partial charge in [-0.05, 0) is 30.3 Å². The van der Waals surface area contributed by atoms with E-state index >= 15 is 0 Å². The molecule has 0 atom stereocenters. The summed E-state index contributed by atoms with van der Waals surface area (Å²) in [6.45, 7) is 0. The lowest BCUT2D eigenvalue weighted by Crippen LogP contribution is -1.92. The molecule has 1 heterocycles. The molecule has 0 radical (unpaired) electrons. The van der Waals surface area contributed by atoms with E-state index in [-0.39, 0.29) is 0 Å². The Kier molecular flexibility index (Phi) is 3.47. The summed E-state index contributed by atoms with van der Waals surface area (Å²) in [7, 11) is 1.63. The van der Waals surface area contributed by atoms with Crippen molar-refractivity contribution in [3.05, 3.63) is 54.8 Å². The molecular formula is C16H15N3O2. The molecule has 0 saturated heterocycles. The van der Waals surface area contributed by atoms with E-state index < -0.39 is 0 Å². The highest BCUT2D eigenvalue weighted by Gasteiger charge is 2.07. The highest BCUT2D eigenvalue weighted by atomic mass is 16.5. The maximum Gasteiger partial charge on any atom is 0.299 e. The summed E-state index contributed by atoms with van der Waals surface area (Å²) in [6, 6.07) is 15.5. The number of aromatic nitrogens is 1. The first-order valence-electron chi connectivity index (χ1n) is 6.47. The third kappa shape index (κ3) is 2.97. The number of nitrogens with zero attached hydrogens (tertiary/aromatic N) is 1. The number of anilines is 3. The summed E-state index contributed by atoms with van der Waals surface area (Å²) in [5.74, 6) is 0.779. The lowest BCUT2D eigenvalue weighted by Gasteiger charge is -2.02. The smallest absolute Gasteiger partial charge is 0.299 e. The van der Waals surface area contributed by atoms with Crippen LogP contribution in [0.2, 0.25) is 0 Å². The van der Waals surface area contributed by atoms with E-state index in [4.69, 9.17) is 14.9 Å². The summed E-state index contributed by atoms with van der Waals surface area (Å²) >= 11 is 0. The van der Waals surface area contributed by atoms with Gasteiger partial charge in [0.15, 0.2) is 0 Å². The number of nitrogens with one attached hydrogen (secondary N) is 1. The number of rotatable bonds is 4. The van der Waals surface area contributed by atoms with E-state index in [0.717, 1.165) is 22.7 Å². The topological polar surface area (TPSA) is 73.3 Å². The maximum atomic E-state index is 5.74. The summed E-state index contributed by atoms with van der Waals surface area (Å²) < 4.78 is 10.6. The molecule has 0 aliphatic rings. The van der Waals surface area contributed by atoms with Crippen molar-refractivity contribution in [2.45, 2.75) is 0 Å². The van der Waals surface area contributed by atoms with Gasteiger partial charge in [0.05, 0.1) is 7.11 Å². The second kappa shape index (κ2) is 5.58. The minimum Gasteiger partial charge on any atom is -0.497 e. The van der Waals surface area contributed by atoms with E-state index in [0.29, 0.717) is 11.7 Å². The zero-order valence-corrected chi connectivity index (χ0v) is 11.5. The Morgan fingerprint density at radius 3 is 2.81 bits per heavy atom. The monoisotopic (exact) mass is 281 g/mol. The van der Waals surface area contributed by atoms with Crippen molar-refractivity contribution in [1.29, 1.82) is 0 Å². The minimum atomic E-state index is 0.415. The second-order valence-electron chi connectivity index (χ2n) is 4.52. The first-order valence-corrected chi connectivity index (χ1v) is 6.47. The van der Waals surface area contributed by atoms with Crippen LogP contribution in [0.25, 0.3) is 11.3 Å². The van der Waals surface area contributed by atoms with Crippen LogP contribution in [0.4, 0.5) is 17.4 Å². The van der Waals surface area contributed by atoms with Gasteiger partial charge in [0, 0.05) is 16.9 Å². The van der Waals surface area contributed by atoms with E-state index in [9.17, 15) is 0 Å². The fourth-order valence-corrected chi connectivity index (χ4v) is 1.99. The third-order valence-electron chi connectivity index (χ3n) is 3.01. The average Bonchev–Trinajstić information content (AvgIpc) is 2.96. The summed E-state index contributed by atoms with van der Waals surface area (Å²) in [6.07, 6.45) is 1.60. The molecule has 0 aliphatic heterocycles. The molecular weight excluding hydrogens is 266 g/mol. The molecule has 0 spiro atoms. The van der Waals surface area contributed by atoms with Crippen LogP contribution in [0.3, 0.4) is 0 Å². The van der Waals surface area contributed by atoms with Crippen molar-refractivity contribution in [2.24, 2.45) is 0 Å². The Morgan fingerprint density at radius 2 is 2.00 bits per heavy atom. The van der Waals surface area contributed by atoms with Gasteiger partial charge >= 0.3 is 0 Å². The fraction of sp³-hybridized carbons (Fsp3) is 0.0625. The van der Waals surface area contributed by atoms with Crippen LogP contribution in [-0.2, 0) is 0 Å². The van der Waals surface area contributed by atoms with Crippen LogP contribution in [0, 0.1) is 0 Å². The van der Waals surface area contributed by atoms with Crippen molar-refractivity contribution in [1.82, 2.24) is 4.98 Å². The highest BCUT2D eigenvalue weighted by Crippen LogP contribution is 2.26. The van der Waals surface area contributed by atoms with Crippen molar-refractivity contribution >= 4 is 17.4 Å². The molecule has 0 bridgehead atoms. The van der Waals surface area contributed by atoms with Gasteiger partial charge in [-0.1, -0.05) is 18.2 Å². The maximum absolute atomic E-state index is 5.74. The van der Waals surface area contributed by atoms with Crippen LogP contribution < -0.4 is 15.8 Å². The number of benzene rings is 2. The predicted molar refractivity (Wildman–Crippen MR) is 82.6 cm³/mol. The van der Waals surface area contributed by atoms with Gasteiger partial charge < -0.3 is 20.2 Å².